The highest BCUT2D eigenvalue weighted by Gasteiger charge is 2.31. The van der Waals surface area contributed by atoms with Crippen molar-refractivity contribution in [1.82, 2.24) is 24.7 Å². The lowest BCUT2D eigenvalue weighted by atomic mass is 10.0. The molecule has 0 radical (unpaired) electrons. The third-order valence-electron chi connectivity index (χ3n) is 4.56. The van der Waals surface area contributed by atoms with Gasteiger partial charge in [0.25, 0.3) is 0 Å². The molecule has 0 aromatic carbocycles. The summed E-state index contributed by atoms with van der Waals surface area (Å²) in [6.45, 7) is 11.2. The summed E-state index contributed by atoms with van der Waals surface area (Å²) in [4.78, 5) is 9.79. The Kier molecular flexibility index (Phi) is 3.60. The van der Waals surface area contributed by atoms with Crippen LogP contribution in [0.2, 0.25) is 0 Å². The van der Waals surface area contributed by atoms with Crippen molar-refractivity contribution in [2.24, 2.45) is 7.05 Å². The zero-order valence-electron chi connectivity index (χ0n) is 12.3. The molecule has 3 rings (SSSR count). The van der Waals surface area contributed by atoms with Crippen LogP contribution in [0.4, 0.5) is 0 Å². The largest absolute Gasteiger partial charge is 0.336 e. The van der Waals surface area contributed by atoms with E-state index in [1.807, 2.05) is 6.33 Å². The number of imidazole rings is 1. The standard InChI is InChI=1S/C14H25N5/c1-11(2)18-4-6-19(7-5-18)13-9-15-8-12-14(13)16-10-17(12)3/h10-11,13,15H,4-9H2,1-3H3. The molecular formula is C14H25N5. The fourth-order valence-corrected chi connectivity index (χ4v) is 3.26. The molecule has 1 atom stereocenters. The summed E-state index contributed by atoms with van der Waals surface area (Å²) in [5.41, 5.74) is 2.64. The summed E-state index contributed by atoms with van der Waals surface area (Å²) in [5.74, 6) is 0. The van der Waals surface area contributed by atoms with Crippen LogP contribution in [0.3, 0.4) is 0 Å². The molecule has 5 nitrogen and oxygen atoms in total. The van der Waals surface area contributed by atoms with Gasteiger partial charge in [-0.2, -0.15) is 0 Å². The van der Waals surface area contributed by atoms with Crippen LogP contribution in [0.5, 0.6) is 0 Å². The molecule has 1 aromatic heterocycles. The van der Waals surface area contributed by atoms with Gasteiger partial charge >= 0.3 is 0 Å². The monoisotopic (exact) mass is 263 g/mol. The molecule has 1 aromatic rings. The van der Waals surface area contributed by atoms with E-state index in [1.165, 1.54) is 24.5 Å². The van der Waals surface area contributed by atoms with Crippen molar-refractivity contribution in [3.8, 4) is 0 Å². The SMILES string of the molecule is CC(C)N1CCN(C2CNCc3c2ncn3C)CC1. The van der Waals surface area contributed by atoms with Crippen molar-refractivity contribution in [2.75, 3.05) is 32.7 Å². The molecule has 1 fully saturated rings. The maximum absolute atomic E-state index is 4.63. The van der Waals surface area contributed by atoms with Gasteiger partial charge in [-0.1, -0.05) is 0 Å². The van der Waals surface area contributed by atoms with Crippen LogP contribution in [-0.2, 0) is 13.6 Å². The zero-order valence-corrected chi connectivity index (χ0v) is 12.3. The second-order valence-electron chi connectivity index (χ2n) is 6.00. The molecule has 0 bridgehead atoms. The van der Waals surface area contributed by atoms with Crippen molar-refractivity contribution < 1.29 is 0 Å². The van der Waals surface area contributed by atoms with Crippen molar-refractivity contribution >= 4 is 0 Å². The molecule has 19 heavy (non-hydrogen) atoms. The normalized spacial score (nSPS) is 25.8. The zero-order chi connectivity index (χ0) is 13.4. The van der Waals surface area contributed by atoms with E-state index >= 15 is 0 Å². The minimum atomic E-state index is 0.458. The Bertz CT molecular complexity index is 431. The Morgan fingerprint density at radius 2 is 2.00 bits per heavy atom. The van der Waals surface area contributed by atoms with Gasteiger partial charge in [-0.25, -0.2) is 4.98 Å². The maximum atomic E-state index is 4.63. The molecule has 0 saturated carbocycles. The Morgan fingerprint density at radius 1 is 1.26 bits per heavy atom. The molecule has 2 aliphatic heterocycles. The summed E-state index contributed by atoms with van der Waals surface area (Å²) in [6.07, 6.45) is 1.95. The van der Waals surface area contributed by atoms with Crippen LogP contribution in [-0.4, -0.2) is 58.1 Å². The van der Waals surface area contributed by atoms with Crippen LogP contribution in [0.1, 0.15) is 31.3 Å². The average molecular weight is 263 g/mol. The number of aromatic nitrogens is 2. The van der Waals surface area contributed by atoms with Gasteiger partial charge in [0.05, 0.1) is 23.8 Å². The molecule has 0 aliphatic carbocycles. The van der Waals surface area contributed by atoms with Gasteiger partial charge in [-0.3, -0.25) is 9.80 Å². The minimum Gasteiger partial charge on any atom is -0.336 e. The first-order valence-electron chi connectivity index (χ1n) is 7.35. The van der Waals surface area contributed by atoms with Gasteiger partial charge in [0.1, 0.15) is 0 Å². The van der Waals surface area contributed by atoms with Gasteiger partial charge in [0, 0.05) is 52.4 Å². The number of piperazine rings is 1. The minimum absolute atomic E-state index is 0.458. The van der Waals surface area contributed by atoms with Crippen molar-refractivity contribution in [1.29, 1.82) is 0 Å². The van der Waals surface area contributed by atoms with Crippen molar-refractivity contribution in [3.05, 3.63) is 17.7 Å². The molecule has 2 aliphatic rings. The fraction of sp³-hybridized carbons (Fsp3) is 0.786. The molecule has 106 valence electrons. The van der Waals surface area contributed by atoms with E-state index in [9.17, 15) is 0 Å². The van der Waals surface area contributed by atoms with E-state index in [0.717, 1.165) is 26.2 Å². The Hall–Kier alpha value is -0.910. The van der Waals surface area contributed by atoms with E-state index < -0.39 is 0 Å². The van der Waals surface area contributed by atoms with Crippen LogP contribution < -0.4 is 5.32 Å². The summed E-state index contributed by atoms with van der Waals surface area (Å²) in [6, 6.07) is 1.12. The van der Waals surface area contributed by atoms with Crippen LogP contribution >= 0.6 is 0 Å². The van der Waals surface area contributed by atoms with E-state index in [4.69, 9.17) is 0 Å². The topological polar surface area (TPSA) is 36.3 Å². The second kappa shape index (κ2) is 5.23. The smallest absolute Gasteiger partial charge is 0.0950 e. The third kappa shape index (κ3) is 2.42. The number of aryl methyl sites for hydroxylation is 1. The average Bonchev–Trinajstić information content (AvgIpc) is 2.81. The van der Waals surface area contributed by atoms with Crippen molar-refractivity contribution in [2.45, 2.75) is 32.5 Å². The van der Waals surface area contributed by atoms with E-state index in [0.29, 0.717) is 12.1 Å². The highest BCUT2D eigenvalue weighted by molar-refractivity contribution is 5.21. The highest BCUT2D eigenvalue weighted by atomic mass is 15.3. The molecule has 5 heteroatoms. The maximum Gasteiger partial charge on any atom is 0.0950 e. The Morgan fingerprint density at radius 3 is 2.68 bits per heavy atom. The number of fused-ring (bicyclic) bond motifs is 1. The van der Waals surface area contributed by atoms with Crippen LogP contribution in [0.15, 0.2) is 6.33 Å². The first-order chi connectivity index (χ1) is 9.16. The third-order valence-corrected chi connectivity index (χ3v) is 4.56. The lowest BCUT2D eigenvalue weighted by Gasteiger charge is -2.41. The molecule has 1 N–H and O–H groups in total. The quantitative estimate of drug-likeness (QED) is 0.847. The predicted octanol–water partition coefficient (Wildman–Crippen LogP) is 0.590. The van der Waals surface area contributed by atoms with Crippen LogP contribution in [0, 0.1) is 0 Å². The number of hydrogen-bond donors (Lipinski definition) is 1. The van der Waals surface area contributed by atoms with E-state index in [2.05, 4.69) is 45.6 Å². The molecule has 1 unspecified atom stereocenters. The molecule has 3 heterocycles. The molecule has 0 spiro atoms. The Labute approximate surface area is 115 Å². The molecule has 0 amide bonds. The number of rotatable bonds is 2. The van der Waals surface area contributed by atoms with Gasteiger partial charge < -0.3 is 9.88 Å². The predicted molar refractivity (Wildman–Crippen MR) is 75.9 cm³/mol. The highest BCUT2D eigenvalue weighted by Crippen LogP contribution is 2.26. The van der Waals surface area contributed by atoms with Gasteiger partial charge in [-0.15, -0.1) is 0 Å². The Balaban J connectivity index is 1.71. The summed E-state index contributed by atoms with van der Waals surface area (Å²) >= 11 is 0. The van der Waals surface area contributed by atoms with Crippen LogP contribution in [0.25, 0.3) is 0 Å². The van der Waals surface area contributed by atoms with Crippen molar-refractivity contribution in [3.63, 3.8) is 0 Å². The van der Waals surface area contributed by atoms with E-state index in [-0.39, 0.29) is 0 Å². The summed E-state index contributed by atoms with van der Waals surface area (Å²) in [7, 11) is 2.09. The molecule has 1 saturated heterocycles. The number of nitrogens with zero attached hydrogens (tertiary/aromatic N) is 4. The second-order valence-corrected chi connectivity index (χ2v) is 6.00. The molecular weight excluding hydrogens is 238 g/mol. The summed E-state index contributed by atoms with van der Waals surface area (Å²) < 4.78 is 2.15. The number of nitrogens with one attached hydrogen (secondary N) is 1. The summed E-state index contributed by atoms with van der Waals surface area (Å²) in [5, 5.41) is 3.53. The first kappa shape index (κ1) is 13.1. The lowest BCUT2D eigenvalue weighted by molar-refractivity contribution is 0.0732. The number of hydrogen-bond acceptors (Lipinski definition) is 4. The lowest BCUT2D eigenvalue weighted by Crippen LogP contribution is -2.52. The van der Waals surface area contributed by atoms with E-state index in [1.54, 1.807) is 0 Å². The van der Waals surface area contributed by atoms with Gasteiger partial charge in [0.2, 0.25) is 0 Å². The fourth-order valence-electron chi connectivity index (χ4n) is 3.26. The van der Waals surface area contributed by atoms with Gasteiger partial charge in [-0.05, 0) is 13.8 Å². The first-order valence-corrected chi connectivity index (χ1v) is 7.35. The van der Waals surface area contributed by atoms with Gasteiger partial charge in [0.15, 0.2) is 0 Å².